The Labute approximate surface area is 98.8 Å². The van der Waals surface area contributed by atoms with Crippen LogP contribution in [0.1, 0.15) is 16.7 Å². The van der Waals surface area contributed by atoms with Crippen LogP contribution in [0, 0.1) is 32.8 Å². The first-order valence-corrected chi connectivity index (χ1v) is 4.47. The summed E-state index contributed by atoms with van der Waals surface area (Å²) in [4.78, 5) is 9.37. The van der Waals surface area contributed by atoms with E-state index < -0.39 is 39.9 Å². The third-order valence-corrected chi connectivity index (χ3v) is 2.15. The lowest BCUT2D eigenvalue weighted by Gasteiger charge is -2.12. The van der Waals surface area contributed by atoms with Crippen LogP contribution in [-0.4, -0.2) is 4.92 Å². The molecule has 0 atom stereocenters. The Morgan fingerprint density at radius 2 is 1.94 bits per heavy atom. The van der Waals surface area contributed by atoms with E-state index in [1.54, 1.807) is 0 Å². The SMILES string of the molecule is N#CCc1c(C#N)ccc([N+](=O)[O-])c1C(F)(F)F. The topological polar surface area (TPSA) is 90.7 Å². The third-order valence-electron chi connectivity index (χ3n) is 2.15. The summed E-state index contributed by atoms with van der Waals surface area (Å²) in [7, 11) is 0. The number of nitriles is 2. The van der Waals surface area contributed by atoms with Crippen molar-refractivity contribution in [1.82, 2.24) is 0 Å². The highest BCUT2D eigenvalue weighted by molar-refractivity contribution is 5.55. The Morgan fingerprint density at radius 3 is 2.33 bits per heavy atom. The lowest BCUT2D eigenvalue weighted by atomic mass is 9.97. The number of nitrogens with zero attached hydrogens (tertiary/aromatic N) is 3. The summed E-state index contributed by atoms with van der Waals surface area (Å²) >= 11 is 0. The van der Waals surface area contributed by atoms with Crippen LogP contribution in [0.2, 0.25) is 0 Å². The highest BCUT2D eigenvalue weighted by Crippen LogP contribution is 2.39. The fraction of sp³-hybridized carbons (Fsp3) is 0.200. The molecule has 0 unspecified atom stereocenters. The summed E-state index contributed by atoms with van der Waals surface area (Å²) in [5.41, 5.74) is -3.75. The highest BCUT2D eigenvalue weighted by Gasteiger charge is 2.41. The molecule has 5 nitrogen and oxygen atoms in total. The smallest absolute Gasteiger partial charge is 0.258 e. The first kappa shape index (κ1) is 13.5. The van der Waals surface area contributed by atoms with Crippen LogP contribution in [0.15, 0.2) is 12.1 Å². The standard InChI is InChI=1S/C10H4F3N3O2/c11-10(12,13)9-7(3-4-14)6(5-15)1-2-8(9)16(17)18/h1-2H,3H2. The van der Waals surface area contributed by atoms with Crippen molar-refractivity contribution in [1.29, 1.82) is 10.5 Å². The number of nitro groups is 1. The minimum Gasteiger partial charge on any atom is -0.258 e. The van der Waals surface area contributed by atoms with Crippen LogP contribution in [-0.2, 0) is 12.6 Å². The fourth-order valence-electron chi connectivity index (χ4n) is 1.47. The first-order valence-electron chi connectivity index (χ1n) is 4.47. The van der Waals surface area contributed by atoms with E-state index in [4.69, 9.17) is 10.5 Å². The molecule has 0 heterocycles. The molecular formula is C10H4F3N3O2. The minimum absolute atomic E-state index is 0.394. The minimum atomic E-state index is -5.00. The van der Waals surface area contributed by atoms with Gasteiger partial charge in [0.2, 0.25) is 0 Å². The molecule has 1 rings (SSSR count). The predicted molar refractivity (Wildman–Crippen MR) is 52.1 cm³/mol. The van der Waals surface area contributed by atoms with Gasteiger partial charge < -0.3 is 0 Å². The molecule has 92 valence electrons. The summed E-state index contributed by atoms with van der Waals surface area (Å²) in [5.74, 6) is 0. The molecule has 0 N–H and O–H groups in total. The Bertz CT molecular complexity index is 582. The number of halogens is 3. The second-order valence-electron chi connectivity index (χ2n) is 3.19. The molecule has 0 bridgehead atoms. The molecule has 0 aliphatic rings. The number of hydrogen-bond donors (Lipinski definition) is 0. The van der Waals surface area contributed by atoms with Crippen molar-refractivity contribution in [2.45, 2.75) is 12.6 Å². The van der Waals surface area contributed by atoms with Gasteiger partial charge in [-0.3, -0.25) is 10.1 Å². The molecule has 1 aromatic carbocycles. The van der Waals surface area contributed by atoms with Gasteiger partial charge in [0.25, 0.3) is 5.69 Å². The zero-order valence-electron chi connectivity index (χ0n) is 8.65. The zero-order valence-corrected chi connectivity index (χ0v) is 8.65. The Hall–Kier alpha value is -2.61. The highest BCUT2D eigenvalue weighted by atomic mass is 19.4. The third kappa shape index (κ3) is 2.38. The molecule has 0 spiro atoms. The van der Waals surface area contributed by atoms with E-state index in [1.165, 1.54) is 12.1 Å². The van der Waals surface area contributed by atoms with Crippen LogP contribution in [0.4, 0.5) is 18.9 Å². The van der Waals surface area contributed by atoms with E-state index in [1.807, 2.05) is 0 Å². The van der Waals surface area contributed by atoms with Crippen molar-refractivity contribution >= 4 is 5.69 Å². The van der Waals surface area contributed by atoms with Crippen molar-refractivity contribution < 1.29 is 18.1 Å². The van der Waals surface area contributed by atoms with E-state index in [0.717, 1.165) is 6.07 Å². The van der Waals surface area contributed by atoms with Crippen LogP contribution in [0.25, 0.3) is 0 Å². The number of alkyl halides is 3. The lowest BCUT2D eigenvalue weighted by Crippen LogP contribution is -2.14. The average Bonchev–Trinajstić information content (AvgIpc) is 2.27. The van der Waals surface area contributed by atoms with Crippen molar-refractivity contribution in [3.05, 3.63) is 38.9 Å². The maximum absolute atomic E-state index is 12.8. The van der Waals surface area contributed by atoms with Gasteiger partial charge in [-0.1, -0.05) is 0 Å². The van der Waals surface area contributed by atoms with Gasteiger partial charge in [-0.15, -0.1) is 0 Å². The second kappa shape index (κ2) is 4.72. The first-order chi connectivity index (χ1) is 8.32. The van der Waals surface area contributed by atoms with Gasteiger partial charge >= 0.3 is 6.18 Å². The van der Waals surface area contributed by atoms with Crippen LogP contribution in [0.5, 0.6) is 0 Å². The largest absolute Gasteiger partial charge is 0.423 e. The Balaban J connectivity index is 3.73. The summed E-state index contributed by atoms with van der Waals surface area (Å²) in [5, 5.41) is 27.7. The molecule has 0 aliphatic heterocycles. The summed E-state index contributed by atoms with van der Waals surface area (Å²) in [6.45, 7) is 0. The van der Waals surface area contributed by atoms with Crippen LogP contribution < -0.4 is 0 Å². The van der Waals surface area contributed by atoms with Gasteiger partial charge in [-0.25, -0.2) is 0 Å². The van der Waals surface area contributed by atoms with E-state index in [0.29, 0.717) is 6.07 Å². The molecule has 1 aromatic rings. The molecule has 0 radical (unpaired) electrons. The van der Waals surface area contributed by atoms with Crippen LogP contribution in [0.3, 0.4) is 0 Å². The van der Waals surface area contributed by atoms with Gasteiger partial charge in [-0.2, -0.15) is 23.7 Å². The van der Waals surface area contributed by atoms with Crippen molar-refractivity contribution in [2.75, 3.05) is 0 Å². The monoisotopic (exact) mass is 255 g/mol. The van der Waals surface area contributed by atoms with E-state index in [-0.39, 0.29) is 0 Å². The normalized spacial score (nSPS) is 10.5. The maximum atomic E-state index is 12.8. The maximum Gasteiger partial charge on any atom is 0.423 e. The molecule has 0 amide bonds. The number of rotatable bonds is 2. The Morgan fingerprint density at radius 1 is 1.33 bits per heavy atom. The number of benzene rings is 1. The van der Waals surface area contributed by atoms with Crippen molar-refractivity contribution in [3.8, 4) is 12.1 Å². The van der Waals surface area contributed by atoms with Gasteiger partial charge in [-0.05, 0) is 6.07 Å². The molecule has 0 aromatic heterocycles. The zero-order chi connectivity index (χ0) is 13.9. The number of hydrogen-bond acceptors (Lipinski definition) is 4. The summed E-state index contributed by atoms with van der Waals surface area (Å²) < 4.78 is 38.4. The predicted octanol–water partition coefficient (Wildman–Crippen LogP) is 2.55. The van der Waals surface area contributed by atoms with Crippen molar-refractivity contribution in [2.24, 2.45) is 0 Å². The molecule has 18 heavy (non-hydrogen) atoms. The van der Waals surface area contributed by atoms with Crippen LogP contribution >= 0.6 is 0 Å². The van der Waals surface area contributed by atoms with Gasteiger partial charge in [0.15, 0.2) is 0 Å². The van der Waals surface area contributed by atoms with E-state index in [2.05, 4.69) is 0 Å². The van der Waals surface area contributed by atoms with Gasteiger partial charge in [0.05, 0.1) is 29.0 Å². The molecule has 0 fully saturated rings. The second-order valence-corrected chi connectivity index (χ2v) is 3.19. The lowest BCUT2D eigenvalue weighted by molar-refractivity contribution is -0.388. The average molecular weight is 255 g/mol. The summed E-state index contributed by atoms with van der Waals surface area (Å²) in [6.07, 6.45) is -5.72. The molecule has 0 saturated carbocycles. The number of nitro benzene ring substituents is 1. The van der Waals surface area contributed by atoms with Gasteiger partial charge in [0.1, 0.15) is 5.56 Å². The molecule has 8 heteroatoms. The quantitative estimate of drug-likeness (QED) is 0.599. The molecule has 0 aliphatic carbocycles. The molecular weight excluding hydrogens is 251 g/mol. The van der Waals surface area contributed by atoms with E-state index in [9.17, 15) is 23.3 Å². The van der Waals surface area contributed by atoms with Gasteiger partial charge in [0, 0.05) is 11.6 Å². The fourth-order valence-corrected chi connectivity index (χ4v) is 1.47. The van der Waals surface area contributed by atoms with Crippen molar-refractivity contribution in [3.63, 3.8) is 0 Å². The summed E-state index contributed by atoms with van der Waals surface area (Å²) in [6, 6.07) is 4.47. The molecule has 0 saturated heterocycles. The van der Waals surface area contributed by atoms with E-state index >= 15 is 0 Å². The Kier molecular flexibility index (Phi) is 3.53.